The van der Waals surface area contributed by atoms with E-state index in [2.05, 4.69) is 15.6 Å². The molecule has 182 valence electrons. The van der Waals surface area contributed by atoms with Crippen LogP contribution in [-0.4, -0.2) is 51.1 Å². The normalized spacial score (nSPS) is 14.4. The maximum Gasteiger partial charge on any atom is 0.255 e. The first-order chi connectivity index (χ1) is 16.4. The zero-order valence-electron chi connectivity index (χ0n) is 20.1. The van der Waals surface area contributed by atoms with Gasteiger partial charge in [-0.05, 0) is 61.1 Å². The van der Waals surface area contributed by atoms with Crippen molar-refractivity contribution in [3.05, 3.63) is 64.6 Å². The Labute approximate surface area is 199 Å². The number of aliphatic imine (C=N–C) groups is 1. The van der Waals surface area contributed by atoms with Crippen LogP contribution in [-0.2, 0) is 6.54 Å². The van der Waals surface area contributed by atoms with Crippen molar-refractivity contribution in [3.63, 3.8) is 0 Å². The van der Waals surface area contributed by atoms with Crippen molar-refractivity contribution in [1.82, 2.24) is 10.6 Å². The number of likely N-dealkylation sites (N-methyl/N-ethyl adjacent to an activating group) is 1. The highest BCUT2D eigenvalue weighted by Crippen LogP contribution is 2.32. The molecule has 2 aromatic rings. The number of carbonyl (C=O) groups is 1. The van der Waals surface area contributed by atoms with Gasteiger partial charge in [-0.15, -0.1) is 0 Å². The largest absolute Gasteiger partial charge is 0.494 e. The summed E-state index contributed by atoms with van der Waals surface area (Å²) >= 11 is 0. The van der Waals surface area contributed by atoms with Crippen molar-refractivity contribution >= 4 is 17.2 Å². The third-order valence-corrected chi connectivity index (χ3v) is 5.81. The molecule has 0 unspecified atom stereocenters. The predicted molar refractivity (Wildman–Crippen MR) is 131 cm³/mol. The molecule has 0 saturated heterocycles. The van der Waals surface area contributed by atoms with E-state index in [0.29, 0.717) is 46.4 Å². The number of hydrogen-bond donors (Lipinski definition) is 3. The summed E-state index contributed by atoms with van der Waals surface area (Å²) in [6.45, 7) is 2.34. The molecule has 3 N–H and O–H groups in total. The van der Waals surface area contributed by atoms with Crippen molar-refractivity contribution in [3.8, 4) is 11.5 Å². The molecule has 0 atom stereocenters. The van der Waals surface area contributed by atoms with Gasteiger partial charge in [0.1, 0.15) is 5.75 Å². The van der Waals surface area contributed by atoms with E-state index in [1.165, 1.54) is 19.2 Å². The minimum absolute atomic E-state index is 0.141. The summed E-state index contributed by atoms with van der Waals surface area (Å²) in [5.74, 6) is 0.319. The Morgan fingerprint density at radius 1 is 1.21 bits per heavy atom. The summed E-state index contributed by atoms with van der Waals surface area (Å²) in [5, 5.41) is 15.7. The summed E-state index contributed by atoms with van der Waals surface area (Å²) in [6.07, 6.45) is 2.26. The van der Waals surface area contributed by atoms with Gasteiger partial charge in [-0.2, -0.15) is 0 Å². The van der Waals surface area contributed by atoms with Crippen LogP contribution in [0, 0.1) is 11.7 Å². The van der Waals surface area contributed by atoms with Crippen LogP contribution in [0.15, 0.2) is 47.1 Å². The Morgan fingerprint density at radius 3 is 2.53 bits per heavy atom. The molecule has 0 radical (unpaired) electrons. The number of hydrogen-bond acceptors (Lipinski definition) is 6. The van der Waals surface area contributed by atoms with Crippen LogP contribution in [0.5, 0.6) is 11.5 Å². The lowest BCUT2D eigenvalue weighted by atomic mass is 9.96. The monoisotopic (exact) mass is 469 g/mol. The fourth-order valence-corrected chi connectivity index (χ4v) is 3.57. The lowest BCUT2D eigenvalue weighted by Crippen LogP contribution is -2.24. The smallest absolute Gasteiger partial charge is 0.255 e. The van der Waals surface area contributed by atoms with E-state index in [1.807, 2.05) is 13.0 Å². The lowest BCUT2D eigenvalue weighted by Gasteiger charge is -2.17. The highest BCUT2D eigenvalue weighted by atomic mass is 19.1. The van der Waals surface area contributed by atoms with Gasteiger partial charge in [0.15, 0.2) is 11.6 Å². The van der Waals surface area contributed by atoms with E-state index >= 15 is 0 Å². The van der Waals surface area contributed by atoms with Crippen LogP contribution in [0.25, 0.3) is 5.57 Å². The SMILES string of the molecule is C/N=C(C)\C(=C(\CO)NC)c1ccc(OCC2CC2)c(C(=O)NCc2ccc(OC)c(F)c2)c1. The molecule has 1 amide bonds. The van der Waals surface area contributed by atoms with Gasteiger partial charge in [0, 0.05) is 37.6 Å². The van der Waals surface area contributed by atoms with Gasteiger partial charge in [0.05, 0.1) is 25.9 Å². The second-order valence-electron chi connectivity index (χ2n) is 8.19. The van der Waals surface area contributed by atoms with Crippen LogP contribution >= 0.6 is 0 Å². The number of rotatable bonds is 11. The van der Waals surface area contributed by atoms with Crippen LogP contribution < -0.4 is 20.1 Å². The van der Waals surface area contributed by atoms with Gasteiger partial charge in [-0.1, -0.05) is 12.1 Å². The van der Waals surface area contributed by atoms with Crippen molar-refractivity contribution < 1.29 is 23.8 Å². The summed E-state index contributed by atoms with van der Waals surface area (Å²) in [7, 11) is 4.80. The number of halogens is 1. The molecule has 3 rings (SSSR count). The van der Waals surface area contributed by atoms with Crippen LogP contribution in [0.1, 0.15) is 41.3 Å². The van der Waals surface area contributed by atoms with Gasteiger partial charge >= 0.3 is 0 Å². The maximum atomic E-state index is 14.0. The number of amides is 1. The zero-order valence-corrected chi connectivity index (χ0v) is 20.1. The standard InChI is InChI=1S/C26H32FN3O4/c1-16(28-2)25(22(14-31)29-3)19-8-10-23(34-15-17-5-6-17)20(12-19)26(32)30-13-18-7-9-24(33-4)21(27)11-18/h7-12,17,29,31H,5-6,13-15H2,1-4H3,(H,30,32)/b25-22+,28-16-. The van der Waals surface area contributed by atoms with Gasteiger partial charge in [-0.3, -0.25) is 9.79 Å². The number of methoxy groups -OCH3 is 1. The number of nitrogens with one attached hydrogen (secondary N) is 2. The first kappa shape index (κ1) is 25.2. The number of nitrogens with zero attached hydrogens (tertiary/aromatic N) is 1. The number of benzene rings is 2. The maximum absolute atomic E-state index is 14.0. The topological polar surface area (TPSA) is 92.2 Å². The molecule has 1 aliphatic rings. The summed E-state index contributed by atoms with van der Waals surface area (Å²) in [5.41, 5.74) is 3.71. The quantitative estimate of drug-likeness (QED) is 0.438. The predicted octanol–water partition coefficient (Wildman–Crippen LogP) is 3.57. The molecule has 1 aliphatic carbocycles. The van der Waals surface area contributed by atoms with E-state index in [9.17, 15) is 14.3 Å². The van der Waals surface area contributed by atoms with Gasteiger partial charge < -0.3 is 25.2 Å². The Kier molecular flexibility index (Phi) is 8.65. The second-order valence-corrected chi connectivity index (χ2v) is 8.19. The molecule has 8 heteroatoms. The van der Waals surface area contributed by atoms with E-state index in [1.54, 1.807) is 32.3 Å². The van der Waals surface area contributed by atoms with Crippen molar-refractivity contribution in [2.24, 2.45) is 10.9 Å². The Bertz CT molecular complexity index is 1090. The molecule has 2 aromatic carbocycles. The van der Waals surface area contributed by atoms with E-state index in [4.69, 9.17) is 9.47 Å². The molecule has 1 saturated carbocycles. The Hall–Kier alpha value is -3.39. The number of aliphatic hydroxyl groups is 1. The molecular weight excluding hydrogens is 437 g/mol. The van der Waals surface area contributed by atoms with E-state index in [0.717, 1.165) is 18.4 Å². The van der Waals surface area contributed by atoms with Gasteiger partial charge in [0.2, 0.25) is 0 Å². The number of aliphatic hydroxyl groups excluding tert-OH is 1. The Balaban J connectivity index is 1.92. The zero-order chi connectivity index (χ0) is 24.7. The number of ether oxygens (including phenoxy) is 2. The second kappa shape index (κ2) is 11.7. The molecule has 7 nitrogen and oxygen atoms in total. The average Bonchev–Trinajstić information content (AvgIpc) is 3.68. The minimum Gasteiger partial charge on any atom is -0.494 e. The molecule has 0 aromatic heterocycles. The third kappa shape index (κ3) is 6.14. The van der Waals surface area contributed by atoms with Crippen LogP contribution in [0.4, 0.5) is 4.39 Å². The van der Waals surface area contributed by atoms with Crippen molar-refractivity contribution in [2.45, 2.75) is 26.3 Å². The van der Waals surface area contributed by atoms with E-state index in [-0.39, 0.29) is 24.8 Å². The number of carbonyl (C=O) groups excluding carboxylic acids is 1. The fraction of sp³-hybridized carbons (Fsp3) is 0.385. The molecule has 34 heavy (non-hydrogen) atoms. The third-order valence-electron chi connectivity index (χ3n) is 5.81. The highest BCUT2D eigenvalue weighted by Gasteiger charge is 2.24. The molecule has 0 bridgehead atoms. The van der Waals surface area contributed by atoms with Gasteiger partial charge in [0.25, 0.3) is 5.91 Å². The van der Waals surface area contributed by atoms with Crippen molar-refractivity contribution in [2.75, 3.05) is 34.4 Å². The molecule has 0 heterocycles. The summed E-state index contributed by atoms with van der Waals surface area (Å²) < 4.78 is 25.0. The number of allylic oxidation sites excluding steroid dienone is 1. The molecule has 0 spiro atoms. The molecular formula is C26H32FN3O4. The first-order valence-electron chi connectivity index (χ1n) is 11.2. The Morgan fingerprint density at radius 2 is 1.94 bits per heavy atom. The lowest BCUT2D eigenvalue weighted by molar-refractivity contribution is 0.0946. The summed E-state index contributed by atoms with van der Waals surface area (Å²) in [4.78, 5) is 17.5. The summed E-state index contributed by atoms with van der Waals surface area (Å²) in [6, 6.07) is 9.93. The van der Waals surface area contributed by atoms with Crippen molar-refractivity contribution in [1.29, 1.82) is 0 Å². The first-order valence-corrected chi connectivity index (χ1v) is 11.2. The molecule has 0 aliphatic heterocycles. The van der Waals surface area contributed by atoms with Gasteiger partial charge in [-0.25, -0.2) is 4.39 Å². The average molecular weight is 470 g/mol. The van der Waals surface area contributed by atoms with E-state index < -0.39 is 5.82 Å². The fourth-order valence-electron chi connectivity index (χ4n) is 3.57. The van der Waals surface area contributed by atoms with Crippen LogP contribution in [0.2, 0.25) is 0 Å². The molecule has 1 fully saturated rings. The van der Waals surface area contributed by atoms with Crippen LogP contribution in [0.3, 0.4) is 0 Å². The highest BCUT2D eigenvalue weighted by molar-refractivity contribution is 6.23. The minimum atomic E-state index is -0.489.